The minimum Gasteiger partial charge on any atom is -0.489 e. The fraction of sp³-hybridized carbons (Fsp3) is 0.0435. The van der Waals surface area contributed by atoms with Crippen LogP contribution in [-0.2, 0) is 6.61 Å². The summed E-state index contributed by atoms with van der Waals surface area (Å²) >= 11 is 1.40. The molecule has 0 amide bonds. The summed E-state index contributed by atoms with van der Waals surface area (Å²) in [4.78, 5) is 18.1. The molecule has 0 N–H and O–H groups in total. The van der Waals surface area contributed by atoms with Crippen LogP contribution in [-0.4, -0.2) is 9.38 Å². The molecule has 0 radical (unpaired) electrons. The lowest BCUT2D eigenvalue weighted by atomic mass is 10.2. The van der Waals surface area contributed by atoms with E-state index in [0.29, 0.717) is 16.1 Å². The third kappa shape index (κ3) is 3.06. The van der Waals surface area contributed by atoms with Gasteiger partial charge in [-0.25, -0.2) is 9.38 Å². The van der Waals surface area contributed by atoms with Gasteiger partial charge in [0.05, 0.1) is 15.6 Å². The van der Waals surface area contributed by atoms with Gasteiger partial charge in [-0.1, -0.05) is 65.9 Å². The second kappa shape index (κ2) is 6.94. The van der Waals surface area contributed by atoms with E-state index >= 15 is 0 Å². The van der Waals surface area contributed by atoms with Gasteiger partial charge < -0.3 is 4.74 Å². The summed E-state index contributed by atoms with van der Waals surface area (Å²) in [7, 11) is 0. The average molecular weight is 384 g/mol. The molecule has 3 aromatic carbocycles. The molecule has 5 heteroatoms. The molecule has 5 aromatic rings. The molecule has 0 unspecified atom stereocenters. The van der Waals surface area contributed by atoms with Crippen molar-refractivity contribution in [1.29, 1.82) is 0 Å². The van der Waals surface area contributed by atoms with Gasteiger partial charge in [0.25, 0.3) is 5.56 Å². The van der Waals surface area contributed by atoms with E-state index in [1.807, 2.05) is 84.9 Å². The highest BCUT2D eigenvalue weighted by molar-refractivity contribution is 7.15. The maximum absolute atomic E-state index is 12.9. The number of nitrogens with zero attached hydrogens (tertiary/aromatic N) is 2. The van der Waals surface area contributed by atoms with Crippen molar-refractivity contribution in [3.8, 4) is 5.75 Å². The Balaban J connectivity index is 1.49. The predicted molar refractivity (Wildman–Crippen MR) is 113 cm³/mol. The van der Waals surface area contributed by atoms with Gasteiger partial charge in [-0.2, -0.15) is 0 Å². The van der Waals surface area contributed by atoms with Crippen LogP contribution in [0.5, 0.6) is 5.75 Å². The first-order chi connectivity index (χ1) is 13.8. The first-order valence-electron chi connectivity index (χ1n) is 8.96. The zero-order valence-corrected chi connectivity index (χ0v) is 15.7. The van der Waals surface area contributed by atoms with Crippen LogP contribution in [0.25, 0.3) is 22.1 Å². The van der Waals surface area contributed by atoms with Crippen LogP contribution in [0.2, 0.25) is 0 Å². The van der Waals surface area contributed by atoms with Gasteiger partial charge in [-0.3, -0.25) is 4.79 Å². The SMILES string of the molecule is O=c1c(=Cc2cccc(OCc3ccccc3)c2)sc2nc3ccccc3n12. The fourth-order valence-electron chi connectivity index (χ4n) is 3.20. The number of hydrogen-bond acceptors (Lipinski definition) is 4. The molecule has 0 atom stereocenters. The summed E-state index contributed by atoms with van der Waals surface area (Å²) in [6, 6.07) is 25.5. The molecule has 5 rings (SSSR count). The van der Waals surface area contributed by atoms with Crippen LogP contribution in [0.3, 0.4) is 0 Å². The standard InChI is InChI=1S/C23H16N2O2S/c26-22-21(28-23-24-19-11-4-5-12-20(19)25(22)23)14-17-9-6-10-18(13-17)27-15-16-7-2-1-3-8-16/h1-14H,15H2. The van der Waals surface area contributed by atoms with Crippen molar-refractivity contribution in [3.63, 3.8) is 0 Å². The second-order valence-electron chi connectivity index (χ2n) is 6.48. The van der Waals surface area contributed by atoms with Crippen molar-refractivity contribution >= 4 is 33.4 Å². The van der Waals surface area contributed by atoms with Crippen LogP contribution in [0.1, 0.15) is 11.1 Å². The first-order valence-corrected chi connectivity index (χ1v) is 9.78. The Morgan fingerprint density at radius 3 is 2.68 bits per heavy atom. The minimum atomic E-state index is -0.0377. The average Bonchev–Trinajstić information content (AvgIpc) is 3.24. The van der Waals surface area contributed by atoms with Crippen molar-refractivity contribution in [3.05, 3.63) is 105 Å². The highest BCUT2D eigenvalue weighted by atomic mass is 32.1. The number of para-hydroxylation sites is 2. The van der Waals surface area contributed by atoms with Gasteiger partial charge in [0.2, 0.25) is 0 Å². The third-order valence-corrected chi connectivity index (χ3v) is 5.52. The van der Waals surface area contributed by atoms with Gasteiger partial charge in [0, 0.05) is 0 Å². The predicted octanol–water partition coefficient (Wildman–Crippen LogP) is 4.04. The highest BCUT2D eigenvalue weighted by Crippen LogP contribution is 2.17. The maximum Gasteiger partial charge on any atom is 0.274 e. The number of rotatable bonds is 4. The third-order valence-electron chi connectivity index (χ3n) is 4.55. The Morgan fingerprint density at radius 1 is 0.964 bits per heavy atom. The van der Waals surface area contributed by atoms with E-state index in [0.717, 1.165) is 27.9 Å². The van der Waals surface area contributed by atoms with Crippen molar-refractivity contribution in [2.75, 3.05) is 0 Å². The molecule has 2 heterocycles. The van der Waals surface area contributed by atoms with E-state index < -0.39 is 0 Å². The van der Waals surface area contributed by atoms with Crippen molar-refractivity contribution < 1.29 is 4.74 Å². The Labute approximate surface area is 165 Å². The van der Waals surface area contributed by atoms with Crippen molar-refractivity contribution in [2.24, 2.45) is 0 Å². The molecule has 0 aliphatic rings. The molecule has 0 bridgehead atoms. The number of hydrogen-bond donors (Lipinski definition) is 0. The lowest BCUT2D eigenvalue weighted by molar-refractivity contribution is 0.306. The Kier molecular flexibility index (Phi) is 4.14. The number of benzene rings is 3. The van der Waals surface area contributed by atoms with Crippen LogP contribution in [0, 0.1) is 0 Å². The molecule has 0 spiro atoms. The van der Waals surface area contributed by atoms with E-state index in [9.17, 15) is 4.79 Å². The zero-order valence-electron chi connectivity index (χ0n) is 14.9. The fourth-order valence-corrected chi connectivity index (χ4v) is 4.19. The number of ether oxygens (including phenoxy) is 1. The van der Waals surface area contributed by atoms with Crippen LogP contribution >= 0.6 is 11.3 Å². The molecule has 0 aliphatic carbocycles. The number of fused-ring (bicyclic) bond motifs is 3. The van der Waals surface area contributed by atoms with Gasteiger partial charge in [-0.15, -0.1) is 0 Å². The van der Waals surface area contributed by atoms with Crippen LogP contribution in [0.15, 0.2) is 83.7 Å². The minimum absolute atomic E-state index is 0.0377. The maximum atomic E-state index is 12.9. The Morgan fingerprint density at radius 2 is 1.79 bits per heavy atom. The van der Waals surface area contributed by atoms with Gasteiger partial charge >= 0.3 is 0 Å². The summed E-state index contributed by atoms with van der Waals surface area (Å²) in [5.41, 5.74) is 3.69. The quantitative estimate of drug-likeness (QED) is 0.470. The number of aromatic nitrogens is 2. The lowest BCUT2D eigenvalue weighted by Gasteiger charge is -2.06. The summed E-state index contributed by atoms with van der Waals surface area (Å²) in [5, 5.41) is 0. The highest BCUT2D eigenvalue weighted by Gasteiger charge is 2.10. The molecule has 2 aromatic heterocycles. The van der Waals surface area contributed by atoms with Crippen LogP contribution in [0.4, 0.5) is 0 Å². The second-order valence-corrected chi connectivity index (χ2v) is 7.49. The van der Waals surface area contributed by atoms with Gasteiger partial charge in [0.15, 0.2) is 4.96 Å². The smallest absolute Gasteiger partial charge is 0.274 e. The van der Waals surface area contributed by atoms with Gasteiger partial charge in [-0.05, 0) is 41.5 Å². The normalized spacial score (nSPS) is 12.1. The van der Waals surface area contributed by atoms with E-state index in [1.165, 1.54) is 11.3 Å². The number of imidazole rings is 1. The molecule has 28 heavy (non-hydrogen) atoms. The zero-order chi connectivity index (χ0) is 18.9. The summed E-state index contributed by atoms with van der Waals surface area (Å²) in [5.74, 6) is 0.775. The summed E-state index contributed by atoms with van der Waals surface area (Å²) in [6.07, 6.45) is 1.89. The monoisotopic (exact) mass is 384 g/mol. The van der Waals surface area contributed by atoms with Crippen LogP contribution < -0.4 is 14.8 Å². The van der Waals surface area contributed by atoms with Gasteiger partial charge in [0.1, 0.15) is 12.4 Å². The lowest BCUT2D eigenvalue weighted by Crippen LogP contribution is -2.22. The molecule has 0 fully saturated rings. The van der Waals surface area contributed by atoms with E-state index in [4.69, 9.17) is 4.74 Å². The number of thiazole rings is 1. The van der Waals surface area contributed by atoms with Crippen molar-refractivity contribution in [1.82, 2.24) is 9.38 Å². The first kappa shape index (κ1) is 16.7. The molecule has 136 valence electrons. The molecule has 0 saturated carbocycles. The van der Waals surface area contributed by atoms with E-state index in [-0.39, 0.29) is 5.56 Å². The Hall–Kier alpha value is -3.44. The molecule has 4 nitrogen and oxygen atoms in total. The molecular weight excluding hydrogens is 368 g/mol. The molecular formula is C23H16N2O2S. The molecule has 0 saturated heterocycles. The Bertz CT molecular complexity index is 1390. The summed E-state index contributed by atoms with van der Waals surface area (Å²) in [6.45, 7) is 0.510. The largest absolute Gasteiger partial charge is 0.489 e. The topological polar surface area (TPSA) is 43.6 Å². The van der Waals surface area contributed by atoms with Crippen molar-refractivity contribution in [2.45, 2.75) is 6.61 Å². The summed E-state index contributed by atoms with van der Waals surface area (Å²) < 4.78 is 8.23. The van der Waals surface area contributed by atoms with E-state index in [1.54, 1.807) is 4.40 Å². The van der Waals surface area contributed by atoms with E-state index in [2.05, 4.69) is 4.98 Å². The molecule has 0 aliphatic heterocycles.